The van der Waals surface area contributed by atoms with Crippen molar-refractivity contribution in [2.75, 3.05) is 59.5 Å². The van der Waals surface area contributed by atoms with Crippen molar-refractivity contribution >= 4 is 5.91 Å². The quantitative estimate of drug-likeness (QED) is 0.744. The second-order valence-corrected chi connectivity index (χ2v) is 7.81. The van der Waals surface area contributed by atoms with E-state index in [-0.39, 0.29) is 18.6 Å². The van der Waals surface area contributed by atoms with E-state index in [2.05, 4.69) is 39.2 Å². The van der Waals surface area contributed by atoms with Gasteiger partial charge in [-0.3, -0.25) is 14.6 Å². The van der Waals surface area contributed by atoms with Crippen LogP contribution in [-0.4, -0.2) is 91.2 Å². The number of β-amino-alcohol motifs (C(OH)–C–C–N with tert-alkyl or cyclic N) is 1. The average molecular weight is 375 g/mol. The zero-order chi connectivity index (χ0) is 19.1. The van der Waals surface area contributed by atoms with Crippen molar-refractivity contribution in [3.8, 4) is 0 Å². The number of nitrogens with zero attached hydrogens (tertiary/aromatic N) is 3. The predicted octanol–water partition coefficient (Wildman–Crippen LogP) is 0.938. The van der Waals surface area contributed by atoms with Crippen molar-refractivity contribution in [3.05, 3.63) is 35.9 Å². The number of likely N-dealkylation sites (N-methyl/N-ethyl adjacent to an activating group) is 1. The molecule has 0 bridgehead atoms. The van der Waals surface area contributed by atoms with E-state index in [4.69, 9.17) is 0 Å². The first-order valence-electron chi connectivity index (χ1n) is 10.3. The minimum absolute atomic E-state index is 0.0975. The molecule has 2 unspecified atom stereocenters. The van der Waals surface area contributed by atoms with Gasteiger partial charge < -0.3 is 15.3 Å². The van der Waals surface area contributed by atoms with Gasteiger partial charge in [-0.25, -0.2) is 0 Å². The Morgan fingerprint density at radius 2 is 1.89 bits per heavy atom. The number of rotatable bonds is 7. The van der Waals surface area contributed by atoms with Crippen molar-refractivity contribution in [2.24, 2.45) is 0 Å². The summed E-state index contributed by atoms with van der Waals surface area (Å²) < 4.78 is 0. The molecule has 0 aromatic heterocycles. The highest BCUT2D eigenvalue weighted by molar-refractivity contribution is 5.83. The van der Waals surface area contributed by atoms with Gasteiger partial charge in [0.05, 0.1) is 6.61 Å². The summed E-state index contributed by atoms with van der Waals surface area (Å²) in [6.07, 6.45) is 3.46. The highest BCUT2D eigenvalue weighted by atomic mass is 16.3. The number of aliphatic hydroxyl groups excluding tert-OH is 1. The molecule has 1 aromatic rings. The molecule has 2 atom stereocenters. The van der Waals surface area contributed by atoms with Crippen molar-refractivity contribution in [1.29, 1.82) is 0 Å². The molecule has 6 nitrogen and oxygen atoms in total. The average Bonchev–Trinajstić information content (AvgIpc) is 2.70. The maximum absolute atomic E-state index is 13.2. The number of nitrogens with one attached hydrogen (secondary N) is 1. The Morgan fingerprint density at radius 1 is 1.15 bits per heavy atom. The Balaban J connectivity index is 1.65. The molecule has 27 heavy (non-hydrogen) atoms. The molecule has 2 fully saturated rings. The van der Waals surface area contributed by atoms with Gasteiger partial charge in [-0.2, -0.15) is 0 Å². The normalized spacial score (nSPS) is 23.9. The van der Waals surface area contributed by atoms with Crippen LogP contribution < -0.4 is 5.32 Å². The molecule has 1 amide bonds. The summed E-state index contributed by atoms with van der Waals surface area (Å²) in [5.41, 5.74) is 1.07. The fourth-order valence-electron chi connectivity index (χ4n) is 4.27. The van der Waals surface area contributed by atoms with Crippen LogP contribution in [0.1, 0.15) is 30.9 Å². The van der Waals surface area contributed by atoms with Crippen molar-refractivity contribution in [3.63, 3.8) is 0 Å². The van der Waals surface area contributed by atoms with E-state index < -0.39 is 0 Å². The number of piperazine rings is 1. The lowest BCUT2D eigenvalue weighted by atomic mass is 10.0. The summed E-state index contributed by atoms with van der Waals surface area (Å²) in [4.78, 5) is 20.1. The number of amides is 1. The van der Waals surface area contributed by atoms with Gasteiger partial charge >= 0.3 is 0 Å². The third-order valence-corrected chi connectivity index (χ3v) is 5.91. The maximum Gasteiger partial charge on any atom is 0.242 e. The van der Waals surface area contributed by atoms with Crippen LogP contribution in [0.3, 0.4) is 0 Å². The maximum atomic E-state index is 13.2. The largest absolute Gasteiger partial charge is 0.395 e. The van der Waals surface area contributed by atoms with E-state index in [9.17, 15) is 9.90 Å². The zero-order valence-electron chi connectivity index (χ0n) is 16.5. The second-order valence-electron chi connectivity index (χ2n) is 7.81. The number of likely N-dealkylation sites (tertiary alicyclic amines) is 1. The van der Waals surface area contributed by atoms with Crippen molar-refractivity contribution in [1.82, 2.24) is 20.0 Å². The molecule has 150 valence electrons. The molecule has 6 heteroatoms. The summed E-state index contributed by atoms with van der Waals surface area (Å²) in [5, 5.41) is 12.5. The lowest BCUT2D eigenvalue weighted by Crippen LogP contribution is -2.52. The fourth-order valence-corrected chi connectivity index (χ4v) is 4.27. The standard InChI is InChI=1S/C21H34N4O2/c1-23-11-13-25(14-12-23)20(18-7-3-2-4-8-18)21(27)22-17-19-9-5-6-10-24(19)15-16-26/h2-4,7-8,19-20,26H,5-6,9-17H2,1H3,(H,22,27). The molecule has 0 spiro atoms. The first kappa shape index (κ1) is 20.3. The minimum Gasteiger partial charge on any atom is -0.395 e. The van der Waals surface area contributed by atoms with Gasteiger partial charge in [0.1, 0.15) is 6.04 Å². The third kappa shape index (κ3) is 5.51. The number of aliphatic hydroxyl groups is 1. The summed E-state index contributed by atoms with van der Waals surface area (Å²) in [7, 11) is 2.13. The SMILES string of the molecule is CN1CCN(C(C(=O)NCC2CCCCN2CCO)c2ccccc2)CC1. The summed E-state index contributed by atoms with van der Waals surface area (Å²) in [5.74, 6) is 0.0975. The predicted molar refractivity (Wildman–Crippen MR) is 108 cm³/mol. The Kier molecular flexibility index (Phi) is 7.64. The van der Waals surface area contributed by atoms with E-state index in [1.54, 1.807) is 0 Å². The van der Waals surface area contributed by atoms with E-state index in [0.717, 1.165) is 44.7 Å². The number of carbonyl (C=O) groups excluding carboxylic acids is 1. The molecule has 3 rings (SSSR count). The Morgan fingerprint density at radius 3 is 2.59 bits per heavy atom. The molecule has 2 aliphatic rings. The van der Waals surface area contributed by atoms with Crippen LogP contribution in [0.25, 0.3) is 0 Å². The van der Waals surface area contributed by atoms with Crippen molar-refractivity contribution < 1.29 is 9.90 Å². The van der Waals surface area contributed by atoms with Crippen LogP contribution in [-0.2, 0) is 4.79 Å². The van der Waals surface area contributed by atoms with Gasteiger partial charge in [-0.15, -0.1) is 0 Å². The van der Waals surface area contributed by atoms with Crippen LogP contribution in [0.4, 0.5) is 0 Å². The van der Waals surface area contributed by atoms with Crippen LogP contribution in [0, 0.1) is 0 Å². The smallest absolute Gasteiger partial charge is 0.242 e. The van der Waals surface area contributed by atoms with Gasteiger partial charge in [0, 0.05) is 45.3 Å². The second kappa shape index (κ2) is 10.2. The molecule has 2 saturated heterocycles. The van der Waals surface area contributed by atoms with Crippen LogP contribution in [0.15, 0.2) is 30.3 Å². The monoisotopic (exact) mass is 374 g/mol. The topological polar surface area (TPSA) is 59.0 Å². The van der Waals surface area contributed by atoms with E-state index in [1.807, 2.05) is 18.2 Å². The highest BCUT2D eigenvalue weighted by Crippen LogP contribution is 2.23. The molecule has 0 radical (unpaired) electrons. The number of piperidine rings is 1. The van der Waals surface area contributed by atoms with Gasteiger partial charge in [-0.1, -0.05) is 36.8 Å². The van der Waals surface area contributed by atoms with Crippen LogP contribution in [0.2, 0.25) is 0 Å². The zero-order valence-corrected chi connectivity index (χ0v) is 16.5. The van der Waals surface area contributed by atoms with E-state index >= 15 is 0 Å². The first-order chi connectivity index (χ1) is 13.2. The number of hydrogen-bond acceptors (Lipinski definition) is 5. The van der Waals surface area contributed by atoms with Gasteiger partial charge in [0.2, 0.25) is 5.91 Å². The van der Waals surface area contributed by atoms with Crippen LogP contribution >= 0.6 is 0 Å². The molecule has 2 aliphatic heterocycles. The van der Waals surface area contributed by atoms with E-state index in [0.29, 0.717) is 19.1 Å². The Hall–Kier alpha value is -1.47. The first-order valence-corrected chi connectivity index (χ1v) is 10.3. The van der Waals surface area contributed by atoms with Gasteiger partial charge in [-0.05, 0) is 32.0 Å². The third-order valence-electron chi connectivity index (χ3n) is 5.91. The van der Waals surface area contributed by atoms with Gasteiger partial charge in [0.15, 0.2) is 0 Å². The number of benzene rings is 1. The Bertz CT molecular complexity index is 573. The van der Waals surface area contributed by atoms with Crippen LogP contribution in [0.5, 0.6) is 0 Å². The highest BCUT2D eigenvalue weighted by Gasteiger charge is 2.30. The Labute approximate surface area is 163 Å². The van der Waals surface area contributed by atoms with E-state index in [1.165, 1.54) is 12.8 Å². The fraction of sp³-hybridized carbons (Fsp3) is 0.667. The lowest BCUT2D eigenvalue weighted by Gasteiger charge is -2.38. The molecule has 1 aromatic carbocycles. The molecular formula is C21H34N4O2. The summed E-state index contributed by atoms with van der Waals surface area (Å²) in [6.45, 7) is 6.34. The minimum atomic E-state index is -0.227. The number of carbonyl (C=O) groups is 1. The molecular weight excluding hydrogens is 340 g/mol. The molecule has 0 saturated carbocycles. The summed E-state index contributed by atoms with van der Waals surface area (Å²) >= 11 is 0. The molecule has 0 aliphatic carbocycles. The number of hydrogen-bond donors (Lipinski definition) is 2. The lowest BCUT2D eigenvalue weighted by molar-refractivity contribution is -0.127. The summed E-state index contributed by atoms with van der Waals surface area (Å²) in [6, 6.07) is 10.2. The van der Waals surface area contributed by atoms with Crippen molar-refractivity contribution in [2.45, 2.75) is 31.3 Å². The molecule has 2 heterocycles. The molecule has 2 N–H and O–H groups in total. The van der Waals surface area contributed by atoms with Gasteiger partial charge in [0.25, 0.3) is 0 Å².